The number of hydrogen-bond donors (Lipinski definition) is 1. The Morgan fingerprint density at radius 3 is 2.56 bits per heavy atom. The second kappa shape index (κ2) is 6.39. The molecule has 1 aromatic carbocycles. The third kappa shape index (κ3) is 2.65. The molecule has 1 N–H and O–H groups in total. The molecule has 0 fully saturated rings. The standard InChI is InChI=1S/C19H18N2O4/c1-11(2)21-17-13(8-6-10-20-17)15(16(18(21)22)19(23)24)12-7-4-5-9-14(12)25-3/h4-11H,1-3H3,(H,23,24). The number of benzene rings is 1. The Labute approximate surface area is 144 Å². The van der Waals surface area contributed by atoms with Crippen LogP contribution in [-0.4, -0.2) is 27.7 Å². The molecule has 0 unspecified atom stereocenters. The topological polar surface area (TPSA) is 81.4 Å². The number of para-hydroxylation sites is 1. The molecule has 0 saturated heterocycles. The molecule has 6 heteroatoms. The summed E-state index contributed by atoms with van der Waals surface area (Å²) in [5, 5.41) is 10.4. The van der Waals surface area contributed by atoms with Crippen molar-refractivity contribution in [1.29, 1.82) is 0 Å². The number of hydrogen-bond acceptors (Lipinski definition) is 4. The van der Waals surface area contributed by atoms with Gasteiger partial charge in [-0.25, -0.2) is 9.78 Å². The summed E-state index contributed by atoms with van der Waals surface area (Å²) in [5.74, 6) is -0.775. The van der Waals surface area contributed by atoms with Crippen molar-refractivity contribution in [3.8, 4) is 16.9 Å². The van der Waals surface area contributed by atoms with Crippen molar-refractivity contribution in [2.75, 3.05) is 7.11 Å². The number of nitrogens with zero attached hydrogens (tertiary/aromatic N) is 2. The highest BCUT2D eigenvalue weighted by molar-refractivity contribution is 6.06. The smallest absolute Gasteiger partial charge is 0.342 e. The molecule has 0 bridgehead atoms. The molecule has 0 spiro atoms. The lowest BCUT2D eigenvalue weighted by atomic mass is 9.96. The van der Waals surface area contributed by atoms with Gasteiger partial charge in [-0.3, -0.25) is 9.36 Å². The van der Waals surface area contributed by atoms with Gasteiger partial charge in [-0.1, -0.05) is 18.2 Å². The summed E-state index contributed by atoms with van der Waals surface area (Å²) in [6, 6.07) is 10.3. The summed E-state index contributed by atoms with van der Waals surface area (Å²) < 4.78 is 6.79. The SMILES string of the molecule is COc1ccccc1-c1c(C(=O)O)c(=O)n(C(C)C)c2ncccc12. The van der Waals surface area contributed by atoms with Crippen LogP contribution >= 0.6 is 0 Å². The molecule has 128 valence electrons. The molecule has 0 aliphatic carbocycles. The van der Waals surface area contributed by atoms with Gasteiger partial charge >= 0.3 is 5.97 Å². The highest BCUT2D eigenvalue weighted by atomic mass is 16.5. The predicted molar refractivity (Wildman–Crippen MR) is 95.3 cm³/mol. The van der Waals surface area contributed by atoms with Crippen LogP contribution in [0.4, 0.5) is 0 Å². The first-order valence-electron chi connectivity index (χ1n) is 7.87. The molecule has 0 saturated carbocycles. The summed E-state index contributed by atoms with van der Waals surface area (Å²) >= 11 is 0. The average Bonchev–Trinajstić information content (AvgIpc) is 2.59. The van der Waals surface area contributed by atoms with Gasteiger partial charge in [0.25, 0.3) is 5.56 Å². The summed E-state index contributed by atoms with van der Waals surface area (Å²) in [4.78, 5) is 29.3. The van der Waals surface area contributed by atoms with Gasteiger partial charge in [0.1, 0.15) is 17.0 Å². The molecule has 0 atom stereocenters. The Morgan fingerprint density at radius 2 is 1.92 bits per heavy atom. The molecule has 0 aliphatic rings. The van der Waals surface area contributed by atoms with E-state index < -0.39 is 11.5 Å². The van der Waals surface area contributed by atoms with E-state index in [1.165, 1.54) is 11.7 Å². The molecule has 3 aromatic rings. The Morgan fingerprint density at radius 1 is 1.20 bits per heavy atom. The summed E-state index contributed by atoms with van der Waals surface area (Å²) in [7, 11) is 1.51. The zero-order valence-electron chi connectivity index (χ0n) is 14.2. The Balaban J connectivity index is 2.59. The van der Waals surface area contributed by atoms with Crippen molar-refractivity contribution < 1.29 is 14.6 Å². The Kier molecular flexibility index (Phi) is 4.27. The van der Waals surface area contributed by atoms with Crippen LogP contribution in [0.3, 0.4) is 0 Å². The summed E-state index contributed by atoms with van der Waals surface area (Å²) in [6.07, 6.45) is 1.59. The number of aromatic nitrogens is 2. The molecule has 6 nitrogen and oxygen atoms in total. The second-order valence-corrected chi connectivity index (χ2v) is 5.90. The first kappa shape index (κ1) is 16.7. The molecular weight excluding hydrogens is 320 g/mol. The van der Waals surface area contributed by atoms with Crippen LogP contribution in [0.1, 0.15) is 30.2 Å². The van der Waals surface area contributed by atoms with Crippen LogP contribution in [0.25, 0.3) is 22.2 Å². The van der Waals surface area contributed by atoms with Crippen LogP contribution in [-0.2, 0) is 0 Å². The van der Waals surface area contributed by atoms with Gasteiger partial charge in [-0.15, -0.1) is 0 Å². The third-order valence-corrected chi connectivity index (χ3v) is 4.07. The lowest BCUT2D eigenvalue weighted by molar-refractivity contribution is 0.0695. The first-order valence-corrected chi connectivity index (χ1v) is 7.87. The largest absolute Gasteiger partial charge is 0.496 e. The van der Waals surface area contributed by atoms with Crippen LogP contribution in [0.15, 0.2) is 47.4 Å². The van der Waals surface area contributed by atoms with E-state index in [-0.39, 0.29) is 11.6 Å². The Bertz CT molecular complexity index is 1020. The zero-order valence-corrected chi connectivity index (χ0v) is 14.2. The molecule has 0 amide bonds. The van der Waals surface area contributed by atoms with E-state index in [0.717, 1.165) is 0 Å². The van der Waals surface area contributed by atoms with E-state index in [1.807, 2.05) is 13.8 Å². The monoisotopic (exact) mass is 338 g/mol. The lowest BCUT2D eigenvalue weighted by Crippen LogP contribution is -2.29. The number of carboxylic acid groups (broad SMARTS) is 1. The van der Waals surface area contributed by atoms with Crippen LogP contribution < -0.4 is 10.3 Å². The van der Waals surface area contributed by atoms with E-state index in [9.17, 15) is 14.7 Å². The van der Waals surface area contributed by atoms with Crippen LogP contribution in [0.5, 0.6) is 5.75 Å². The third-order valence-electron chi connectivity index (χ3n) is 4.07. The van der Waals surface area contributed by atoms with Gasteiger partial charge in [0.05, 0.1) is 7.11 Å². The molecule has 2 heterocycles. The number of fused-ring (bicyclic) bond motifs is 1. The van der Waals surface area contributed by atoms with E-state index in [2.05, 4.69) is 4.98 Å². The number of carboxylic acids is 1. The van der Waals surface area contributed by atoms with Gasteiger partial charge in [-0.2, -0.15) is 0 Å². The van der Waals surface area contributed by atoms with Gasteiger partial charge in [0.2, 0.25) is 0 Å². The van der Waals surface area contributed by atoms with Crippen molar-refractivity contribution in [2.24, 2.45) is 0 Å². The highest BCUT2D eigenvalue weighted by Gasteiger charge is 2.25. The van der Waals surface area contributed by atoms with Crippen LogP contribution in [0.2, 0.25) is 0 Å². The normalized spacial score (nSPS) is 11.0. The number of rotatable bonds is 4. The maximum atomic E-state index is 13.0. The molecule has 0 aliphatic heterocycles. The Hall–Kier alpha value is -3.15. The van der Waals surface area contributed by atoms with E-state index in [1.54, 1.807) is 42.6 Å². The van der Waals surface area contributed by atoms with Gasteiger partial charge in [0.15, 0.2) is 0 Å². The molecular formula is C19H18N2O4. The fraction of sp³-hybridized carbons (Fsp3) is 0.211. The lowest BCUT2D eigenvalue weighted by Gasteiger charge is -2.19. The minimum Gasteiger partial charge on any atom is -0.496 e. The van der Waals surface area contributed by atoms with Crippen molar-refractivity contribution in [3.05, 3.63) is 58.5 Å². The minimum atomic E-state index is -1.27. The van der Waals surface area contributed by atoms with E-state index >= 15 is 0 Å². The number of methoxy groups -OCH3 is 1. The maximum absolute atomic E-state index is 13.0. The average molecular weight is 338 g/mol. The van der Waals surface area contributed by atoms with E-state index in [4.69, 9.17) is 4.74 Å². The van der Waals surface area contributed by atoms with Crippen molar-refractivity contribution >= 4 is 17.0 Å². The minimum absolute atomic E-state index is 0.227. The van der Waals surface area contributed by atoms with Crippen molar-refractivity contribution in [3.63, 3.8) is 0 Å². The predicted octanol–water partition coefficient (Wildman–Crippen LogP) is 3.35. The quantitative estimate of drug-likeness (QED) is 0.789. The number of carbonyl (C=O) groups is 1. The first-order chi connectivity index (χ1) is 12.0. The van der Waals surface area contributed by atoms with Gasteiger partial charge < -0.3 is 9.84 Å². The van der Waals surface area contributed by atoms with Crippen molar-refractivity contribution in [1.82, 2.24) is 9.55 Å². The number of pyridine rings is 2. The maximum Gasteiger partial charge on any atom is 0.342 e. The summed E-state index contributed by atoms with van der Waals surface area (Å²) in [5.41, 5.74) is 0.477. The number of aromatic carboxylic acids is 1. The summed E-state index contributed by atoms with van der Waals surface area (Å²) in [6.45, 7) is 3.65. The molecule has 25 heavy (non-hydrogen) atoms. The molecule has 0 radical (unpaired) electrons. The fourth-order valence-electron chi connectivity index (χ4n) is 3.05. The second-order valence-electron chi connectivity index (χ2n) is 5.90. The molecule has 3 rings (SSSR count). The van der Waals surface area contributed by atoms with Gasteiger partial charge in [0, 0.05) is 28.8 Å². The van der Waals surface area contributed by atoms with Crippen LogP contribution in [0, 0.1) is 0 Å². The van der Waals surface area contributed by atoms with Crippen molar-refractivity contribution in [2.45, 2.75) is 19.9 Å². The molecule has 2 aromatic heterocycles. The highest BCUT2D eigenvalue weighted by Crippen LogP contribution is 2.36. The number of ether oxygens (including phenoxy) is 1. The zero-order chi connectivity index (χ0) is 18.1. The fourth-order valence-corrected chi connectivity index (χ4v) is 3.05. The van der Waals surface area contributed by atoms with Gasteiger partial charge in [-0.05, 0) is 32.0 Å². The van der Waals surface area contributed by atoms with E-state index in [0.29, 0.717) is 27.9 Å².